The molecule has 1 fully saturated rings. The van der Waals surface area contributed by atoms with Gasteiger partial charge in [-0.3, -0.25) is 9.36 Å². The normalized spacial score (nSPS) is 18.0. The number of halogens is 3. The Balaban J connectivity index is 1.81. The first-order chi connectivity index (χ1) is 16.5. The van der Waals surface area contributed by atoms with Gasteiger partial charge in [0.1, 0.15) is 29.2 Å². The lowest BCUT2D eigenvalue weighted by molar-refractivity contribution is -0.0244. The van der Waals surface area contributed by atoms with Crippen molar-refractivity contribution in [3.05, 3.63) is 63.5 Å². The highest BCUT2D eigenvalue weighted by atomic mass is 32.2. The molecule has 4 rings (SSSR count). The van der Waals surface area contributed by atoms with Crippen molar-refractivity contribution in [3.63, 3.8) is 0 Å². The SMILES string of the molecule is COC1(c2cc3c(NC(C)c4cccc(C(F)F)c4F)ncnc3n(C)c2=O)CCS(=O)(=O)CC1. The minimum absolute atomic E-state index is 0.0328. The van der Waals surface area contributed by atoms with Gasteiger partial charge < -0.3 is 10.1 Å². The Morgan fingerprint density at radius 3 is 2.46 bits per heavy atom. The van der Waals surface area contributed by atoms with Gasteiger partial charge in [-0.25, -0.2) is 31.6 Å². The second-order valence-electron chi connectivity index (χ2n) is 8.65. The van der Waals surface area contributed by atoms with Gasteiger partial charge in [-0.1, -0.05) is 18.2 Å². The fraction of sp³-hybridized carbons (Fsp3) is 0.435. The number of anilines is 1. The predicted octanol–water partition coefficient (Wildman–Crippen LogP) is 3.63. The van der Waals surface area contributed by atoms with E-state index in [1.54, 1.807) is 13.0 Å². The Hall–Kier alpha value is -2.99. The van der Waals surface area contributed by atoms with E-state index in [-0.39, 0.29) is 46.9 Å². The highest BCUT2D eigenvalue weighted by Crippen LogP contribution is 2.37. The van der Waals surface area contributed by atoms with Crippen LogP contribution < -0.4 is 10.9 Å². The fourth-order valence-electron chi connectivity index (χ4n) is 4.52. The standard InChI is InChI=1S/C23H25F3N4O4S/c1-13(14-5-4-6-15(18(14)24)19(25)26)29-20-16-11-17(22(31)30(2)21(16)28-12-27-20)23(34-3)7-9-35(32,33)10-8-23/h4-6,11-13,19H,7-10H2,1-3H3,(H,27,28,29). The van der Waals surface area contributed by atoms with Crippen LogP contribution in [0.4, 0.5) is 19.0 Å². The van der Waals surface area contributed by atoms with Crippen LogP contribution in [0.25, 0.3) is 11.0 Å². The largest absolute Gasteiger partial charge is 0.373 e. The van der Waals surface area contributed by atoms with E-state index >= 15 is 0 Å². The van der Waals surface area contributed by atoms with Gasteiger partial charge in [0, 0.05) is 19.7 Å². The number of nitrogens with zero attached hydrogens (tertiary/aromatic N) is 3. The van der Waals surface area contributed by atoms with Crippen LogP contribution in [0.15, 0.2) is 35.4 Å². The number of alkyl halides is 2. The van der Waals surface area contributed by atoms with Crippen molar-refractivity contribution in [2.45, 2.75) is 37.8 Å². The fourth-order valence-corrected chi connectivity index (χ4v) is 6.00. The molecule has 0 aliphatic carbocycles. The van der Waals surface area contributed by atoms with Gasteiger partial charge in [0.15, 0.2) is 9.84 Å². The topological polar surface area (TPSA) is 103 Å². The predicted molar refractivity (Wildman–Crippen MR) is 125 cm³/mol. The minimum Gasteiger partial charge on any atom is -0.373 e. The summed E-state index contributed by atoms with van der Waals surface area (Å²) in [5.74, 6) is -0.976. The van der Waals surface area contributed by atoms with Crippen LogP contribution in [0.5, 0.6) is 0 Å². The number of pyridine rings is 1. The number of nitrogens with one attached hydrogen (secondary N) is 1. The molecule has 1 aliphatic rings. The maximum absolute atomic E-state index is 14.7. The first-order valence-corrected chi connectivity index (χ1v) is 12.8. The molecule has 0 saturated carbocycles. The molecular formula is C23H25F3N4O4S. The quantitative estimate of drug-likeness (QED) is 0.540. The average molecular weight is 511 g/mol. The van der Waals surface area contributed by atoms with Crippen LogP contribution in [0.3, 0.4) is 0 Å². The van der Waals surface area contributed by atoms with Gasteiger partial charge in [0.05, 0.1) is 34.1 Å². The summed E-state index contributed by atoms with van der Waals surface area (Å²) in [5.41, 5.74) is -1.59. The highest BCUT2D eigenvalue weighted by Gasteiger charge is 2.41. The molecule has 0 bridgehead atoms. The van der Waals surface area contributed by atoms with E-state index in [2.05, 4.69) is 15.3 Å². The van der Waals surface area contributed by atoms with Crippen LogP contribution in [0.1, 0.15) is 48.9 Å². The van der Waals surface area contributed by atoms with Crippen LogP contribution in [0.2, 0.25) is 0 Å². The van der Waals surface area contributed by atoms with Crippen molar-refractivity contribution in [1.82, 2.24) is 14.5 Å². The van der Waals surface area contributed by atoms with Gasteiger partial charge in [-0.15, -0.1) is 0 Å². The summed E-state index contributed by atoms with van der Waals surface area (Å²) in [4.78, 5) is 21.7. The molecule has 12 heteroatoms. The second-order valence-corrected chi connectivity index (χ2v) is 11.0. The van der Waals surface area contributed by atoms with Gasteiger partial charge >= 0.3 is 0 Å². The number of ether oxygens (including phenoxy) is 1. The molecule has 188 valence electrons. The monoisotopic (exact) mass is 510 g/mol. The number of fused-ring (bicyclic) bond motifs is 1. The van der Waals surface area contributed by atoms with Crippen LogP contribution in [0, 0.1) is 5.82 Å². The summed E-state index contributed by atoms with van der Waals surface area (Å²) in [6.45, 7) is 1.60. The number of hydrogen-bond donors (Lipinski definition) is 1. The smallest absolute Gasteiger partial charge is 0.266 e. The van der Waals surface area contributed by atoms with Crippen molar-refractivity contribution < 1.29 is 26.3 Å². The molecule has 3 heterocycles. The first kappa shape index (κ1) is 25.1. The number of aromatic nitrogens is 3. The molecule has 35 heavy (non-hydrogen) atoms. The van der Waals surface area contributed by atoms with Crippen molar-refractivity contribution in [2.75, 3.05) is 23.9 Å². The van der Waals surface area contributed by atoms with Crippen LogP contribution in [-0.4, -0.2) is 41.6 Å². The molecule has 1 N–H and O–H groups in total. The Labute approximate surface area is 200 Å². The maximum Gasteiger partial charge on any atom is 0.266 e. The van der Waals surface area contributed by atoms with Gasteiger partial charge in [-0.05, 0) is 25.8 Å². The second kappa shape index (κ2) is 9.23. The summed E-state index contributed by atoms with van der Waals surface area (Å²) < 4.78 is 72.1. The minimum atomic E-state index is -3.22. The molecule has 3 aromatic rings. The summed E-state index contributed by atoms with van der Waals surface area (Å²) >= 11 is 0. The summed E-state index contributed by atoms with van der Waals surface area (Å²) in [6, 6.07) is 4.62. The molecule has 8 nitrogen and oxygen atoms in total. The van der Waals surface area contributed by atoms with Crippen LogP contribution >= 0.6 is 0 Å². The van der Waals surface area contributed by atoms with Crippen molar-refractivity contribution in [2.24, 2.45) is 7.05 Å². The van der Waals surface area contributed by atoms with Gasteiger partial charge in [-0.2, -0.15) is 0 Å². The molecule has 1 atom stereocenters. The zero-order valence-corrected chi connectivity index (χ0v) is 20.2. The van der Waals surface area contributed by atoms with E-state index in [1.807, 2.05) is 0 Å². The number of methoxy groups -OCH3 is 1. The molecule has 1 saturated heterocycles. The highest BCUT2D eigenvalue weighted by molar-refractivity contribution is 7.91. The lowest BCUT2D eigenvalue weighted by atomic mass is 9.88. The van der Waals surface area contributed by atoms with E-state index in [1.165, 1.54) is 37.2 Å². The molecule has 1 aromatic carbocycles. The van der Waals surface area contributed by atoms with E-state index in [9.17, 15) is 26.4 Å². The average Bonchev–Trinajstić information content (AvgIpc) is 2.82. The lowest BCUT2D eigenvalue weighted by Crippen LogP contribution is -2.43. The summed E-state index contributed by atoms with van der Waals surface area (Å²) in [5, 5.41) is 3.46. The molecule has 1 aliphatic heterocycles. The van der Waals surface area contributed by atoms with Gasteiger partial charge in [0.25, 0.3) is 12.0 Å². The number of rotatable bonds is 6. The molecule has 0 radical (unpaired) electrons. The third-order valence-corrected chi connectivity index (χ3v) is 8.29. The molecule has 2 aromatic heterocycles. The van der Waals surface area contributed by atoms with E-state index in [0.717, 1.165) is 6.07 Å². The number of sulfone groups is 1. The number of hydrogen-bond acceptors (Lipinski definition) is 7. The van der Waals surface area contributed by atoms with Crippen molar-refractivity contribution >= 4 is 26.7 Å². The third kappa shape index (κ3) is 4.52. The molecule has 0 amide bonds. The zero-order chi connectivity index (χ0) is 25.5. The number of aryl methyl sites for hydroxylation is 1. The molecular weight excluding hydrogens is 485 g/mol. The maximum atomic E-state index is 14.7. The Bertz CT molecular complexity index is 1430. The Morgan fingerprint density at radius 2 is 1.83 bits per heavy atom. The summed E-state index contributed by atoms with van der Waals surface area (Å²) in [7, 11) is -0.256. The van der Waals surface area contributed by atoms with Crippen molar-refractivity contribution in [3.8, 4) is 0 Å². The van der Waals surface area contributed by atoms with Crippen molar-refractivity contribution in [1.29, 1.82) is 0 Å². The van der Waals surface area contributed by atoms with E-state index in [4.69, 9.17) is 4.74 Å². The summed E-state index contributed by atoms with van der Waals surface area (Å²) in [6.07, 6.45) is -1.48. The van der Waals surface area contributed by atoms with Crippen LogP contribution in [-0.2, 0) is 27.2 Å². The van der Waals surface area contributed by atoms with Gasteiger partial charge in [0.2, 0.25) is 0 Å². The Kier molecular flexibility index (Phi) is 6.62. The number of benzene rings is 1. The molecule has 1 unspecified atom stereocenters. The third-order valence-electron chi connectivity index (χ3n) is 6.63. The van der Waals surface area contributed by atoms with E-state index in [0.29, 0.717) is 11.0 Å². The lowest BCUT2D eigenvalue weighted by Gasteiger charge is -2.36. The molecule has 0 spiro atoms. The Morgan fingerprint density at radius 1 is 1.17 bits per heavy atom. The zero-order valence-electron chi connectivity index (χ0n) is 19.4. The van der Waals surface area contributed by atoms with E-state index < -0.39 is 39.3 Å². The first-order valence-electron chi connectivity index (χ1n) is 10.9.